The fourth-order valence-corrected chi connectivity index (χ4v) is 5.28. The van der Waals surface area contributed by atoms with Gasteiger partial charge in [0.2, 0.25) is 0 Å². The molecule has 0 bridgehead atoms. The molecule has 34 heavy (non-hydrogen) atoms. The number of nitrogens with one attached hydrogen (secondary N) is 3. The van der Waals surface area contributed by atoms with Crippen molar-refractivity contribution in [2.24, 2.45) is 4.99 Å². The van der Waals surface area contributed by atoms with Gasteiger partial charge in [-0.25, -0.2) is 0 Å². The summed E-state index contributed by atoms with van der Waals surface area (Å²) in [5, 5.41) is 14.6. The van der Waals surface area contributed by atoms with Crippen LogP contribution in [0.5, 0.6) is 0 Å². The molecule has 2 aliphatic rings. The second-order valence-electron chi connectivity index (χ2n) is 8.11. The zero-order chi connectivity index (χ0) is 23.9. The standard InChI is InChI=1S/C23H19ClF3N5OS/c24-15-3-1-13(18(9-15)23(25,26)27)8-17(12-2-4-19-14(7-12)10-29-32-19)20-21(33)31-22(34-20)30-16-5-6-28-11-16/h1-4,7,9-10,16,28H,5-6,8,11H2,(H,29,32)(H,30,31,33)/t16-/m0/s1. The Morgan fingerprint density at radius 2 is 2.09 bits per heavy atom. The molecule has 0 unspecified atom stereocenters. The number of benzene rings is 2. The number of aromatic amines is 1. The Labute approximate surface area is 202 Å². The molecule has 0 spiro atoms. The Morgan fingerprint density at radius 3 is 2.85 bits per heavy atom. The number of aromatic nitrogens is 2. The molecule has 0 saturated carbocycles. The summed E-state index contributed by atoms with van der Waals surface area (Å²) in [7, 11) is 0. The van der Waals surface area contributed by atoms with Crippen LogP contribution < -0.4 is 10.6 Å². The van der Waals surface area contributed by atoms with Crippen LogP contribution >= 0.6 is 23.4 Å². The number of hydrogen-bond acceptors (Lipinski definition) is 5. The largest absolute Gasteiger partial charge is 0.416 e. The smallest absolute Gasteiger partial charge is 0.360 e. The molecule has 11 heteroatoms. The highest BCUT2D eigenvalue weighted by atomic mass is 35.5. The first-order valence-electron chi connectivity index (χ1n) is 10.6. The number of H-pyrrole nitrogens is 1. The Morgan fingerprint density at radius 1 is 1.24 bits per heavy atom. The minimum atomic E-state index is -4.59. The van der Waals surface area contributed by atoms with E-state index in [1.54, 1.807) is 18.3 Å². The van der Waals surface area contributed by atoms with Gasteiger partial charge in [-0.3, -0.25) is 9.89 Å². The van der Waals surface area contributed by atoms with Crippen molar-refractivity contribution in [2.75, 3.05) is 13.1 Å². The lowest BCUT2D eigenvalue weighted by Crippen LogP contribution is -2.33. The lowest BCUT2D eigenvalue weighted by Gasteiger charge is -2.17. The normalized spacial score (nSPS) is 20.2. The molecule has 3 aromatic rings. The van der Waals surface area contributed by atoms with Crippen molar-refractivity contribution in [1.29, 1.82) is 0 Å². The number of thioether (sulfide) groups is 1. The Kier molecular flexibility index (Phi) is 6.13. The van der Waals surface area contributed by atoms with Gasteiger partial charge in [-0.05, 0) is 72.1 Å². The van der Waals surface area contributed by atoms with Crippen LogP contribution in [0.2, 0.25) is 5.02 Å². The monoisotopic (exact) mass is 505 g/mol. The van der Waals surface area contributed by atoms with Crippen molar-refractivity contribution in [2.45, 2.75) is 25.1 Å². The number of allylic oxidation sites excluding steroid dienone is 1. The molecule has 176 valence electrons. The molecule has 1 atom stereocenters. The van der Waals surface area contributed by atoms with E-state index in [9.17, 15) is 18.0 Å². The maximum absolute atomic E-state index is 13.8. The van der Waals surface area contributed by atoms with Gasteiger partial charge < -0.3 is 10.6 Å². The highest BCUT2D eigenvalue weighted by molar-refractivity contribution is 8.18. The number of amides is 1. The van der Waals surface area contributed by atoms with Gasteiger partial charge in [0.25, 0.3) is 5.91 Å². The number of amidine groups is 1. The predicted octanol–water partition coefficient (Wildman–Crippen LogP) is 4.77. The summed E-state index contributed by atoms with van der Waals surface area (Å²) in [4.78, 5) is 17.4. The number of halogens is 4. The van der Waals surface area contributed by atoms with E-state index in [0.29, 0.717) is 21.2 Å². The molecule has 6 nitrogen and oxygen atoms in total. The van der Waals surface area contributed by atoms with Gasteiger partial charge in [0.1, 0.15) is 0 Å². The maximum Gasteiger partial charge on any atom is 0.416 e. The minimum Gasteiger partial charge on any atom is -0.360 e. The molecule has 3 N–H and O–H groups in total. The third-order valence-corrected chi connectivity index (χ3v) is 7.05. The molecule has 2 aliphatic heterocycles. The van der Waals surface area contributed by atoms with Crippen LogP contribution in [-0.2, 0) is 17.4 Å². The molecular formula is C23H19ClF3N5OS. The van der Waals surface area contributed by atoms with E-state index < -0.39 is 17.6 Å². The fraction of sp³-hybridized carbons (Fsp3) is 0.261. The fourth-order valence-electron chi connectivity index (χ4n) is 4.11. The highest BCUT2D eigenvalue weighted by Gasteiger charge is 2.35. The first kappa shape index (κ1) is 22.9. The first-order valence-corrected chi connectivity index (χ1v) is 11.8. The molecule has 1 fully saturated rings. The molecule has 0 radical (unpaired) electrons. The minimum absolute atomic E-state index is 0.00333. The van der Waals surface area contributed by atoms with Crippen molar-refractivity contribution in [1.82, 2.24) is 20.8 Å². The second kappa shape index (κ2) is 9.09. The van der Waals surface area contributed by atoms with Crippen LogP contribution in [0.3, 0.4) is 0 Å². The topological polar surface area (TPSA) is 82.2 Å². The lowest BCUT2D eigenvalue weighted by atomic mass is 9.93. The summed E-state index contributed by atoms with van der Waals surface area (Å²) < 4.78 is 41.4. The average Bonchev–Trinajstić information content (AvgIpc) is 3.53. The van der Waals surface area contributed by atoms with Gasteiger partial charge in [0.05, 0.1) is 22.2 Å². The van der Waals surface area contributed by atoms with E-state index in [-0.39, 0.29) is 23.0 Å². The second-order valence-corrected chi connectivity index (χ2v) is 9.55. The molecule has 5 rings (SSSR count). The number of aliphatic imine (C=N–C) groups is 1. The van der Waals surface area contributed by atoms with Crippen molar-refractivity contribution in [3.63, 3.8) is 0 Å². The lowest BCUT2D eigenvalue weighted by molar-refractivity contribution is -0.138. The van der Waals surface area contributed by atoms with Gasteiger partial charge in [0.15, 0.2) is 5.17 Å². The SMILES string of the molecule is O=C1N=C(N[C@H]2CCNC2)SC1=C(Cc1ccc(Cl)cc1C(F)(F)F)c1ccc2[nH]ncc2c1. The van der Waals surface area contributed by atoms with Crippen LogP contribution in [0.1, 0.15) is 23.1 Å². The summed E-state index contributed by atoms with van der Waals surface area (Å²) in [6.45, 7) is 1.63. The third-order valence-electron chi connectivity index (χ3n) is 5.79. The van der Waals surface area contributed by atoms with Gasteiger partial charge in [-0.2, -0.15) is 23.3 Å². The average molecular weight is 506 g/mol. The van der Waals surface area contributed by atoms with Crippen molar-refractivity contribution < 1.29 is 18.0 Å². The third kappa shape index (κ3) is 4.70. The Bertz CT molecular complexity index is 1330. The highest BCUT2D eigenvalue weighted by Crippen LogP contribution is 2.40. The summed E-state index contributed by atoms with van der Waals surface area (Å²) in [5.41, 5.74) is 1.09. The molecular weight excluding hydrogens is 487 g/mol. The van der Waals surface area contributed by atoms with Crippen LogP contribution in [0.25, 0.3) is 16.5 Å². The molecule has 0 aliphatic carbocycles. The number of carbonyl (C=O) groups excluding carboxylic acids is 1. The van der Waals surface area contributed by atoms with E-state index in [1.807, 2.05) is 6.07 Å². The van der Waals surface area contributed by atoms with Gasteiger partial charge in [-0.15, -0.1) is 0 Å². The van der Waals surface area contributed by atoms with Crippen molar-refractivity contribution >= 4 is 50.9 Å². The molecule has 2 aromatic carbocycles. The molecule has 1 saturated heterocycles. The van der Waals surface area contributed by atoms with E-state index in [1.165, 1.54) is 12.1 Å². The quantitative estimate of drug-likeness (QED) is 0.445. The van der Waals surface area contributed by atoms with Crippen molar-refractivity contribution in [3.05, 3.63) is 69.2 Å². The van der Waals surface area contributed by atoms with Crippen LogP contribution in [0, 0.1) is 0 Å². The van der Waals surface area contributed by atoms with Gasteiger partial charge >= 0.3 is 6.18 Å². The molecule has 1 aromatic heterocycles. The van der Waals surface area contributed by atoms with E-state index in [4.69, 9.17) is 11.6 Å². The number of fused-ring (bicyclic) bond motifs is 1. The maximum atomic E-state index is 13.8. The first-order chi connectivity index (χ1) is 16.3. The van der Waals surface area contributed by atoms with Crippen LogP contribution in [0.15, 0.2) is 52.5 Å². The summed E-state index contributed by atoms with van der Waals surface area (Å²) >= 11 is 7.03. The Balaban J connectivity index is 1.57. The van der Waals surface area contributed by atoms with E-state index >= 15 is 0 Å². The molecule has 3 heterocycles. The van der Waals surface area contributed by atoms with E-state index in [0.717, 1.165) is 48.2 Å². The summed E-state index contributed by atoms with van der Waals surface area (Å²) in [5.74, 6) is -0.469. The number of nitrogens with zero attached hydrogens (tertiary/aromatic N) is 2. The number of carbonyl (C=O) groups is 1. The number of hydrogen-bond donors (Lipinski definition) is 3. The Hall–Kier alpha value is -2.82. The number of rotatable bonds is 4. The molecule has 1 amide bonds. The van der Waals surface area contributed by atoms with Gasteiger partial charge in [0, 0.05) is 23.0 Å². The van der Waals surface area contributed by atoms with Crippen LogP contribution in [-0.4, -0.2) is 40.4 Å². The predicted molar refractivity (Wildman–Crippen MR) is 128 cm³/mol. The summed E-state index contributed by atoms with van der Waals surface area (Å²) in [6, 6.07) is 9.22. The zero-order valence-electron chi connectivity index (χ0n) is 17.7. The summed E-state index contributed by atoms with van der Waals surface area (Å²) in [6.07, 6.45) is -2.17. The van der Waals surface area contributed by atoms with Crippen LogP contribution in [0.4, 0.5) is 13.2 Å². The number of alkyl halides is 3. The van der Waals surface area contributed by atoms with Crippen molar-refractivity contribution in [3.8, 4) is 0 Å². The van der Waals surface area contributed by atoms with E-state index in [2.05, 4.69) is 25.8 Å². The van der Waals surface area contributed by atoms with Gasteiger partial charge in [-0.1, -0.05) is 23.7 Å². The zero-order valence-corrected chi connectivity index (χ0v) is 19.2.